The second-order valence-electron chi connectivity index (χ2n) is 16.6. The van der Waals surface area contributed by atoms with Gasteiger partial charge in [0.2, 0.25) is 0 Å². The molecule has 0 amide bonds. The normalized spacial score (nSPS) is 13.1. The third-order valence-electron chi connectivity index (χ3n) is 12.7. The Kier molecular flexibility index (Phi) is 8.45. The van der Waals surface area contributed by atoms with Crippen molar-refractivity contribution in [2.75, 3.05) is 11.4 Å². The van der Waals surface area contributed by atoms with E-state index in [2.05, 4.69) is 229 Å². The highest BCUT2D eigenvalue weighted by atomic mass is 15.1. The van der Waals surface area contributed by atoms with Gasteiger partial charge in [0.1, 0.15) is 0 Å². The standard InChI is InChI=1S/C57H45N3/c1-4-34-58(41-21-7-5-8-22-41)52-28-15-11-19-40(52)20-17-18-39-30-32-54-47(35-39)48-36-43(31-33-55(48)59(54)42-23-9-6-10-24-42)60-53-29-16-13-26-45(53)49-37-46-44-25-12-14-27-50(44)57(2,3)51(46)38-56(49)60/h4-19,21-33,35-38H,1,20,34H2,2-3H3/b18-17+. The number of rotatable bonds is 9. The summed E-state index contributed by atoms with van der Waals surface area (Å²) in [4.78, 5) is 2.34. The lowest BCUT2D eigenvalue weighted by molar-refractivity contribution is 0.661. The molecule has 0 radical (unpaired) electrons. The van der Waals surface area contributed by atoms with Crippen LogP contribution in [-0.4, -0.2) is 15.7 Å². The summed E-state index contributed by atoms with van der Waals surface area (Å²) in [6.45, 7) is 9.54. The fourth-order valence-electron chi connectivity index (χ4n) is 9.92. The lowest BCUT2D eigenvalue weighted by atomic mass is 9.82. The number of hydrogen-bond donors (Lipinski definition) is 0. The molecule has 0 N–H and O–H groups in total. The maximum absolute atomic E-state index is 4.06. The van der Waals surface area contributed by atoms with Crippen LogP contribution >= 0.6 is 0 Å². The molecule has 2 aromatic heterocycles. The van der Waals surface area contributed by atoms with Gasteiger partial charge in [0, 0.05) is 56.3 Å². The monoisotopic (exact) mass is 771 g/mol. The molecule has 3 nitrogen and oxygen atoms in total. The molecular weight excluding hydrogens is 727 g/mol. The third kappa shape index (κ3) is 5.65. The van der Waals surface area contributed by atoms with Gasteiger partial charge in [-0.2, -0.15) is 0 Å². The van der Waals surface area contributed by atoms with E-state index in [1.165, 1.54) is 82.7 Å². The van der Waals surface area contributed by atoms with Gasteiger partial charge < -0.3 is 14.0 Å². The summed E-state index contributed by atoms with van der Waals surface area (Å²) in [6, 6.07) is 66.7. The molecule has 60 heavy (non-hydrogen) atoms. The van der Waals surface area contributed by atoms with Gasteiger partial charge in [0.25, 0.3) is 0 Å². The van der Waals surface area contributed by atoms with Gasteiger partial charge in [0.15, 0.2) is 0 Å². The van der Waals surface area contributed by atoms with E-state index in [0.717, 1.165) is 30.0 Å². The Morgan fingerprint density at radius 2 is 1.17 bits per heavy atom. The van der Waals surface area contributed by atoms with Crippen LogP contribution < -0.4 is 4.90 Å². The van der Waals surface area contributed by atoms with Crippen molar-refractivity contribution in [1.82, 2.24) is 9.13 Å². The molecule has 2 heterocycles. The number of aromatic nitrogens is 2. The van der Waals surface area contributed by atoms with Gasteiger partial charge in [-0.25, -0.2) is 0 Å². The van der Waals surface area contributed by atoms with Crippen LogP contribution in [0.15, 0.2) is 201 Å². The molecule has 0 fully saturated rings. The molecule has 0 unspecified atom stereocenters. The van der Waals surface area contributed by atoms with Crippen molar-refractivity contribution < 1.29 is 0 Å². The minimum absolute atomic E-state index is 0.0900. The molecule has 0 bridgehead atoms. The first-order chi connectivity index (χ1) is 29.5. The number of benzene rings is 8. The third-order valence-corrected chi connectivity index (χ3v) is 12.7. The number of anilines is 2. The highest BCUT2D eigenvalue weighted by molar-refractivity contribution is 6.13. The topological polar surface area (TPSA) is 13.1 Å². The fraction of sp³-hybridized carbons (Fsp3) is 0.0877. The molecule has 1 aliphatic carbocycles. The zero-order valence-electron chi connectivity index (χ0n) is 34.0. The maximum Gasteiger partial charge on any atom is 0.0544 e. The van der Waals surface area contributed by atoms with Crippen LogP contribution in [0.2, 0.25) is 0 Å². The van der Waals surface area contributed by atoms with Gasteiger partial charge in [0.05, 0.1) is 22.1 Å². The van der Waals surface area contributed by atoms with Crippen LogP contribution in [0.4, 0.5) is 11.4 Å². The van der Waals surface area contributed by atoms with Crippen molar-refractivity contribution in [2.45, 2.75) is 25.7 Å². The zero-order chi connectivity index (χ0) is 40.4. The van der Waals surface area contributed by atoms with E-state index in [1.54, 1.807) is 0 Å². The van der Waals surface area contributed by atoms with Gasteiger partial charge in [-0.3, -0.25) is 0 Å². The predicted octanol–water partition coefficient (Wildman–Crippen LogP) is 14.8. The first kappa shape index (κ1) is 35.8. The highest BCUT2D eigenvalue weighted by Crippen LogP contribution is 2.51. The van der Waals surface area contributed by atoms with Gasteiger partial charge in [-0.15, -0.1) is 6.58 Å². The summed E-state index contributed by atoms with van der Waals surface area (Å²) >= 11 is 0. The van der Waals surface area contributed by atoms with Crippen LogP contribution in [0, 0.1) is 0 Å². The van der Waals surface area contributed by atoms with Gasteiger partial charge in [-0.1, -0.05) is 135 Å². The Labute approximate surface area is 351 Å². The van der Waals surface area contributed by atoms with Crippen LogP contribution in [0.1, 0.15) is 36.1 Å². The Morgan fingerprint density at radius 1 is 0.517 bits per heavy atom. The summed E-state index contributed by atoms with van der Waals surface area (Å²) in [5.41, 5.74) is 17.4. The van der Waals surface area contributed by atoms with Crippen LogP contribution in [-0.2, 0) is 11.8 Å². The van der Waals surface area contributed by atoms with Crippen LogP contribution in [0.5, 0.6) is 0 Å². The van der Waals surface area contributed by atoms with Gasteiger partial charge >= 0.3 is 0 Å². The van der Waals surface area contributed by atoms with Crippen molar-refractivity contribution >= 4 is 61.1 Å². The minimum atomic E-state index is -0.0900. The Hall–Kier alpha value is -7.36. The second kappa shape index (κ2) is 14.2. The van der Waals surface area contributed by atoms with E-state index in [-0.39, 0.29) is 5.41 Å². The summed E-state index contributed by atoms with van der Waals surface area (Å²) in [6.07, 6.45) is 7.36. The van der Waals surface area contributed by atoms with Crippen molar-refractivity contribution in [3.63, 3.8) is 0 Å². The Morgan fingerprint density at radius 3 is 2.00 bits per heavy atom. The zero-order valence-corrected chi connectivity index (χ0v) is 34.0. The first-order valence-corrected chi connectivity index (χ1v) is 21.0. The molecule has 0 saturated heterocycles. The lowest BCUT2D eigenvalue weighted by Crippen LogP contribution is -2.18. The molecule has 288 valence electrons. The average Bonchev–Trinajstić information content (AvgIpc) is 3.88. The number of fused-ring (bicyclic) bond motifs is 9. The summed E-state index contributed by atoms with van der Waals surface area (Å²) in [5.74, 6) is 0. The fourth-order valence-corrected chi connectivity index (χ4v) is 9.92. The van der Waals surface area contributed by atoms with E-state index in [1.807, 2.05) is 6.08 Å². The maximum atomic E-state index is 4.06. The molecular formula is C57H45N3. The predicted molar refractivity (Wildman–Crippen MR) is 256 cm³/mol. The molecule has 10 aromatic rings. The number of nitrogens with zero attached hydrogens (tertiary/aromatic N) is 3. The van der Waals surface area contributed by atoms with Crippen molar-refractivity contribution in [2.24, 2.45) is 0 Å². The summed E-state index contributed by atoms with van der Waals surface area (Å²) in [5, 5.41) is 5.02. The number of allylic oxidation sites excluding steroid dienone is 1. The van der Waals surface area contributed by atoms with Gasteiger partial charge in [-0.05, 0) is 119 Å². The average molecular weight is 772 g/mol. The quantitative estimate of drug-likeness (QED) is 0.133. The Balaban J connectivity index is 1.05. The van der Waals surface area contributed by atoms with E-state index in [9.17, 15) is 0 Å². The van der Waals surface area contributed by atoms with Crippen LogP contribution in [0.3, 0.4) is 0 Å². The lowest BCUT2D eigenvalue weighted by Gasteiger charge is -2.26. The Bertz CT molecular complexity index is 3310. The molecule has 0 saturated carbocycles. The SMILES string of the molecule is C=CCN(c1ccccc1)c1ccccc1C/C=C/c1ccc2c(c1)c1cc(-n3c4ccccc4c4cc5c(cc43)C(C)(C)c3ccccc3-5)ccc1n2-c1ccccc1. The van der Waals surface area contributed by atoms with E-state index in [4.69, 9.17) is 0 Å². The first-order valence-electron chi connectivity index (χ1n) is 21.0. The minimum Gasteiger partial charge on any atom is -0.337 e. The van der Waals surface area contributed by atoms with Crippen molar-refractivity contribution in [3.05, 3.63) is 223 Å². The number of para-hydroxylation sites is 4. The molecule has 1 aliphatic rings. The van der Waals surface area contributed by atoms with E-state index < -0.39 is 0 Å². The molecule has 0 spiro atoms. The second-order valence-corrected chi connectivity index (χ2v) is 16.6. The number of hydrogen-bond acceptors (Lipinski definition) is 1. The summed E-state index contributed by atoms with van der Waals surface area (Å²) < 4.78 is 4.90. The van der Waals surface area contributed by atoms with E-state index >= 15 is 0 Å². The van der Waals surface area contributed by atoms with Crippen molar-refractivity contribution in [1.29, 1.82) is 0 Å². The van der Waals surface area contributed by atoms with Crippen LogP contribution in [0.25, 0.3) is 72.2 Å². The molecule has 0 atom stereocenters. The van der Waals surface area contributed by atoms with Crippen molar-refractivity contribution in [3.8, 4) is 22.5 Å². The smallest absolute Gasteiger partial charge is 0.0544 e. The largest absolute Gasteiger partial charge is 0.337 e. The molecule has 11 rings (SSSR count). The molecule has 3 heteroatoms. The highest BCUT2D eigenvalue weighted by Gasteiger charge is 2.36. The molecule has 8 aromatic carbocycles. The van der Waals surface area contributed by atoms with E-state index in [0.29, 0.717) is 0 Å². The molecule has 0 aliphatic heterocycles. The summed E-state index contributed by atoms with van der Waals surface area (Å²) in [7, 11) is 0.